The number of hydrogen-bond donors (Lipinski definition) is 3. The lowest BCUT2D eigenvalue weighted by molar-refractivity contribution is -0.119. The molecular weight excluding hydrogens is 430 g/mol. The molecule has 1 fully saturated rings. The highest BCUT2D eigenvalue weighted by molar-refractivity contribution is 6.43. The number of anilines is 1. The number of aromatic nitrogens is 1. The van der Waals surface area contributed by atoms with Crippen LogP contribution in [0.2, 0.25) is 5.02 Å². The lowest BCUT2D eigenvalue weighted by Crippen LogP contribution is -2.51. The van der Waals surface area contributed by atoms with Crippen LogP contribution in [0.4, 0.5) is 5.69 Å². The maximum atomic E-state index is 13.1. The molecule has 1 heterocycles. The summed E-state index contributed by atoms with van der Waals surface area (Å²) in [5.41, 5.74) is 2.50. The topological polar surface area (TPSA) is 100 Å². The van der Waals surface area contributed by atoms with Crippen molar-refractivity contribution < 1.29 is 19.5 Å². The molecule has 2 amide bonds. The number of rotatable bonds is 5. The van der Waals surface area contributed by atoms with Gasteiger partial charge >= 0.3 is 0 Å². The predicted molar refractivity (Wildman–Crippen MR) is 124 cm³/mol. The minimum atomic E-state index is -0.704. The zero-order chi connectivity index (χ0) is 23.8. The average molecular weight is 460 g/mol. The highest BCUT2D eigenvalue weighted by Crippen LogP contribution is 2.29. The first kappa shape index (κ1) is 24.0. The van der Waals surface area contributed by atoms with Crippen LogP contribution >= 0.6 is 11.6 Å². The molecule has 32 heavy (non-hydrogen) atoms. The minimum Gasteiger partial charge on any atom is -0.393 e. The molecule has 0 aliphatic heterocycles. The first-order valence-electron chi connectivity index (χ1n) is 10.7. The van der Waals surface area contributed by atoms with Gasteiger partial charge in [-0.3, -0.25) is 14.4 Å². The van der Waals surface area contributed by atoms with Crippen molar-refractivity contribution in [3.8, 4) is 0 Å². The molecule has 172 valence electrons. The highest BCUT2D eigenvalue weighted by atomic mass is 35.5. The van der Waals surface area contributed by atoms with Crippen molar-refractivity contribution in [2.75, 3.05) is 5.32 Å². The number of nitrogens with one attached hydrogen (secondary N) is 2. The summed E-state index contributed by atoms with van der Waals surface area (Å²) < 4.78 is 1.59. The molecule has 8 heteroatoms. The second-order valence-electron chi connectivity index (χ2n) is 9.04. The van der Waals surface area contributed by atoms with Gasteiger partial charge in [-0.25, -0.2) is 0 Å². The third-order valence-corrected chi connectivity index (χ3v) is 6.57. The van der Waals surface area contributed by atoms with Gasteiger partial charge in [-0.15, -0.1) is 0 Å². The maximum absolute atomic E-state index is 13.1. The zero-order valence-electron chi connectivity index (χ0n) is 19.1. The molecule has 1 aliphatic rings. The van der Waals surface area contributed by atoms with E-state index in [0.29, 0.717) is 53.2 Å². The quantitative estimate of drug-likeness (QED) is 0.467. The molecule has 0 radical (unpaired) electrons. The van der Waals surface area contributed by atoms with Gasteiger partial charge in [0.1, 0.15) is 0 Å². The molecule has 0 atom stereocenters. The Morgan fingerprint density at radius 3 is 2.34 bits per heavy atom. The minimum absolute atomic E-state index is 0.187. The largest absolute Gasteiger partial charge is 0.393 e. The van der Waals surface area contributed by atoms with Crippen molar-refractivity contribution in [1.29, 1.82) is 0 Å². The fraction of sp³-hybridized carbons (Fsp3) is 0.458. The van der Waals surface area contributed by atoms with Gasteiger partial charge in [-0.1, -0.05) is 11.6 Å². The van der Waals surface area contributed by atoms with E-state index >= 15 is 0 Å². The average Bonchev–Trinajstić information content (AvgIpc) is 2.91. The van der Waals surface area contributed by atoms with Gasteiger partial charge in [0.15, 0.2) is 0 Å². The Morgan fingerprint density at radius 1 is 1.12 bits per heavy atom. The number of carbonyl (C=O) groups is 3. The second kappa shape index (κ2) is 9.08. The molecule has 1 aromatic heterocycles. The van der Waals surface area contributed by atoms with E-state index in [1.54, 1.807) is 43.7 Å². The summed E-state index contributed by atoms with van der Waals surface area (Å²) in [4.78, 5) is 38.9. The van der Waals surface area contributed by atoms with Crippen molar-refractivity contribution in [2.45, 2.75) is 65.0 Å². The van der Waals surface area contributed by atoms with E-state index in [4.69, 9.17) is 11.6 Å². The van der Waals surface area contributed by atoms with Gasteiger partial charge in [0.25, 0.3) is 17.6 Å². The Hall–Kier alpha value is -2.64. The number of aliphatic hydroxyl groups excluding tert-OH is 1. The number of amides is 2. The number of carbonyl (C=O) groups excluding carboxylic acids is 3. The first-order chi connectivity index (χ1) is 14.9. The number of Topliss-reactive ketones (excluding diaryl/α,β-unsaturated/α-hetero) is 1. The Morgan fingerprint density at radius 2 is 1.75 bits per heavy atom. The van der Waals surface area contributed by atoms with E-state index in [1.807, 2.05) is 13.8 Å². The molecule has 1 aromatic carbocycles. The van der Waals surface area contributed by atoms with Crippen LogP contribution in [-0.4, -0.2) is 38.9 Å². The first-order valence-corrected chi connectivity index (χ1v) is 11.1. The summed E-state index contributed by atoms with van der Waals surface area (Å²) in [6.07, 6.45) is 2.01. The number of benzene rings is 1. The lowest BCUT2D eigenvalue weighted by Gasteiger charge is -2.36. The van der Waals surface area contributed by atoms with Crippen LogP contribution in [-0.2, 0) is 11.8 Å². The molecule has 2 aromatic rings. The van der Waals surface area contributed by atoms with Crippen molar-refractivity contribution in [3.05, 3.63) is 51.3 Å². The fourth-order valence-electron chi connectivity index (χ4n) is 4.44. The number of aliphatic hydroxyl groups is 1. The smallest absolute Gasteiger partial charge is 0.294 e. The number of ketones is 1. The third kappa shape index (κ3) is 4.89. The maximum Gasteiger partial charge on any atom is 0.294 e. The standard InChI is InChI=1S/C24H30ClN3O4/c1-13-10-16(25)12-17(11-13)26-22(31)19-14(2)20(28(5)15(19)3)21(30)23(32)27-24(4)8-6-18(29)7-9-24/h10-12,18,29H,6-9H2,1-5H3,(H,26,31)(H,27,32). The van der Waals surface area contributed by atoms with Gasteiger partial charge in [0.05, 0.1) is 17.4 Å². The molecule has 7 nitrogen and oxygen atoms in total. The molecular formula is C24H30ClN3O4. The molecule has 0 bridgehead atoms. The molecule has 0 unspecified atom stereocenters. The van der Waals surface area contributed by atoms with Crippen LogP contribution in [0.25, 0.3) is 0 Å². The second-order valence-corrected chi connectivity index (χ2v) is 9.48. The molecule has 3 N–H and O–H groups in total. The fourth-order valence-corrected chi connectivity index (χ4v) is 4.73. The van der Waals surface area contributed by atoms with Crippen molar-refractivity contribution in [1.82, 2.24) is 9.88 Å². The van der Waals surface area contributed by atoms with Gasteiger partial charge in [0, 0.05) is 29.0 Å². The Balaban J connectivity index is 1.84. The van der Waals surface area contributed by atoms with Gasteiger partial charge < -0.3 is 20.3 Å². The van der Waals surface area contributed by atoms with E-state index in [-0.39, 0.29) is 17.7 Å². The van der Waals surface area contributed by atoms with Crippen molar-refractivity contribution >= 4 is 34.9 Å². The van der Waals surface area contributed by atoms with Crippen LogP contribution < -0.4 is 10.6 Å². The predicted octanol–water partition coefficient (Wildman–Crippen LogP) is 3.85. The Kier molecular flexibility index (Phi) is 6.81. The van der Waals surface area contributed by atoms with E-state index in [0.717, 1.165) is 5.56 Å². The van der Waals surface area contributed by atoms with Crippen molar-refractivity contribution in [3.63, 3.8) is 0 Å². The summed E-state index contributed by atoms with van der Waals surface area (Å²) >= 11 is 6.09. The number of aryl methyl sites for hydroxylation is 1. The third-order valence-electron chi connectivity index (χ3n) is 6.35. The summed E-state index contributed by atoms with van der Waals surface area (Å²) in [5.74, 6) is -1.76. The van der Waals surface area contributed by atoms with Gasteiger partial charge in [-0.2, -0.15) is 0 Å². The van der Waals surface area contributed by atoms with Crippen LogP contribution in [0.3, 0.4) is 0 Å². The zero-order valence-corrected chi connectivity index (χ0v) is 19.9. The summed E-state index contributed by atoms with van der Waals surface area (Å²) in [5, 5.41) is 15.9. The van der Waals surface area contributed by atoms with Crippen molar-refractivity contribution in [2.24, 2.45) is 7.05 Å². The summed E-state index contributed by atoms with van der Waals surface area (Å²) in [6, 6.07) is 5.25. The van der Waals surface area contributed by atoms with Crippen LogP contribution in [0, 0.1) is 20.8 Å². The van der Waals surface area contributed by atoms with Crippen LogP contribution in [0.5, 0.6) is 0 Å². The van der Waals surface area contributed by atoms with Crippen LogP contribution in [0.1, 0.15) is 70.3 Å². The SMILES string of the molecule is Cc1cc(Cl)cc(NC(=O)c2c(C)c(C(=O)C(=O)NC3(C)CCC(O)CC3)n(C)c2C)c1. The van der Waals surface area contributed by atoms with E-state index < -0.39 is 17.2 Å². The molecule has 0 saturated heterocycles. The van der Waals surface area contributed by atoms with E-state index in [9.17, 15) is 19.5 Å². The number of halogens is 1. The Bertz CT molecular complexity index is 1060. The van der Waals surface area contributed by atoms with Gasteiger partial charge in [0.2, 0.25) is 0 Å². The highest BCUT2D eigenvalue weighted by Gasteiger charge is 2.35. The number of hydrogen-bond acceptors (Lipinski definition) is 4. The van der Waals surface area contributed by atoms with Gasteiger partial charge in [-0.05, 0) is 82.7 Å². The molecule has 1 aliphatic carbocycles. The molecule has 0 spiro atoms. The van der Waals surface area contributed by atoms with Crippen LogP contribution in [0.15, 0.2) is 18.2 Å². The summed E-state index contributed by atoms with van der Waals surface area (Å²) in [7, 11) is 1.67. The molecule has 3 rings (SSSR count). The number of nitrogens with zero attached hydrogens (tertiary/aromatic N) is 1. The lowest BCUT2D eigenvalue weighted by atomic mass is 9.82. The summed E-state index contributed by atoms with van der Waals surface area (Å²) in [6.45, 7) is 7.18. The normalized spacial score (nSPS) is 20.7. The monoisotopic (exact) mass is 459 g/mol. The molecule has 1 saturated carbocycles. The Labute approximate surface area is 193 Å². The van der Waals surface area contributed by atoms with E-state index in [2.05, 4.69) is 10.6 Å². The van der Waals surface area contributed by atoms with E-state index in [1.165, 1.54) is 0 Å².